The van der Waals surface area contributed by atoms with E-state index in [1.807, 2.05) is 6.07 Å². The molecule has 0 saturated heterocycles. The van der Waals surface area contributed by atoms with Crippen molar-refractivity contribution in [2.24, 2.45) is 0 Å². The second-order valence-corrected chi connectivity index (χ2v) is 5.86. The molecule has 1 aliphatic rings. The molecule has 0 saturated carbocycles. The zero-order valence-corrected chi connectivity index (χ0v) is 14.4. The SMILES string of the molecule is CCCCNc1c(CCN(CC)CC)ccc2c1C(=O)NC2=O. The summed E-state index contributed by atoms with van der Waals surface area (Å²) in [5, 5.41) is 5.79. The van der Waals surface area contributed by atoms with Gasteiger partial charge in [-0.15, -0.1) is 0 Å². The fraction of sp³-hybridized carbons (Fsp3) is 0.556. The van der Waals surface area contributed by atoms with E-state index in [-0.39, 0.29) is 11.8 Å². The lowest BCUT2D eigenvalue weighted by Crippen LogP contribution is -2.25. The van der Waals surface area contributed by atoms with Crippen LogP contribution in [-0.4, -0.2) is 42.9 Å². The van der Waals surface area contributed by atoms with Crippen LogP contribution >= 0.6 is 0 Å². The second-order valence-electron chi connectivity index (χ2n) is 5.86. The monoisotopic (exact) mass is 317 g/mol. The summed E-state index contributed by atoms with van der Waals surface area (Å²) >= 11 is 0. The third-order valence-corrected chi connectivity index (χ3v) is 4.41. The first-order valence-corrected chi connectivity index (χ1v) is 8.60. The van der Waals surface area contributed by atoms with E-state index in [2.05, 4.69) is 36.3 Å². The highest BCUT2D eigenvalue weighted by molar-refractivity contribution is 6.24. The summed E-state index contributed by atoms with van der Waals surface area (Å²) in [4.78, 5) is 26.4. The number of nitrogens with one attached hydrogen (secondary N) is 2. The fourth-order valence-electron chi connectivity index (χ4n) is 2.92. The Bertz CT molecular complexity index is 580. The maximum Gasteiger partial charge on any atom is 0.261 e. The third kappa shape index (κ3) is 3.91. The molecule has 1 aromatic carbocycles. The van der Waals surface area contributed by atoms with Crippen LogP contribution in [0, 0.1) is 0 Å². The highest BCUT2D eigenvalue weighted by Gasteiger charge is 2.30. The first-order valence-electron chi connectivity index (χ1n) is 8.60. The topological polar surface area (TPSA) is 61.4 Å². The maximum absolute atomic E-state index is 12.1. The Morgan fingerprint density at radius 1 is 1.09 bits per heavy atom. The fourth-order valence-corrected chi connectivity index (χ4v) is 2.92. The van der Waals surface area contributed by atoms with E-state index in [0.717, 1.165) is 56.7 Å². The number of carbonyl (C=O) groups is 2. The lowest BCUT2D eigenvalue weighted by Gasteiger charge is -2.20. The molecule has 126 valence electrons. The number of carbonyl (C=O) groups excluding carboxylic acids is 2. The largest absolute Gasteiger partial charge is 0.384 e. The van der Waals surface area contributed by atoms with Gasteiger partial charge in [-0.25, -0.2) is 0 Å². The van der Waals surface area contributed by atoms with E-state index >= 15 is 0 Å². The lowest BCUT2D eigenvalue weighted by atomic mass is 9.99. The van der Waals surface area contributed by atoms with Crippen molar-refractivity contribution in [1.82, 2.24) is 10.2 Å². The first kappa shape index (κ1) is 17.5. The molecule has 0 fully saturated rings. The minimum absolute atomic E-state index is 0.284. The smallest absolute Gasteiger partial charge is 0.261 e. The van der Waals surface area contributed by atoms with Gasteiger partial charge >= 0.3 is 0 Å². The summed E-state index contributed by atoms with van der Waals surface area (Å²) in [5.74, 6) is -0.576. The number of hydrogen-bond donors (Lipinski definition) is 2. The van der Waals surface area contributed by atoms with Crippen molar-refractivity contribution < 1.29 is 9.59 Å². The van der Waals surface area contributed by atoms with Gasteiger partial charge in [-0.2, -0.15) is 0 Å². The molecule has 1 heterocycles. The van der Waals surface area contributed by atoms with E-state index in [4.69, 9.17) is 0 Å². The van der Waals surface area contributed by atoms with Crippen molar-refractivity contribution in [3.63, 3.8) is 0 Å². The van der Waals surface area contributed by atoms with Gasteiger partial charge in [0, 0.05) is 13.1 Å². The van der Waals surface area contributed by atoms with Crippen LogP contribution in [0.1, 0.15) is 59.9 Å². The molecule has 2 N–H and O–H groups in total. The van der Waals surface area contributed by atoms with Crippen molar-refractivity contribution >= 4 is 17.5 Å². The minimum Gasteiger partial charge on any atom is -0.384 e. The van der Waals surface area contributed by atoms with Crippen molar-refractivity contribution in [3.05, 3.63) is 28.8 Å². The normalized spacial score (nSPS) is 13.4. The zero-order chi connectivity index (χ0) is 16.8. The van der Waals surface area contributed by atoms with Crippen LogP contribution in [0.25, 0.3) is 0 Å². The maximum atomic E-state index is 12.1. The predicted molar refractivity (Wildman–Crippen MR) is 93.1 cm³/mol. The molecule has 0 radical (unpaired) electrons. The van der Waals surface area contributed by atoms with Gasteiger partial charge in [0.1, 0.15) is 0 Å². The molecular formula is C18H27N3O2. The summed E-state index contributed by atoms with van der Waals surface area (Å²) in [6, 6.07) is 3.76. The van der Waals surface area contributed by atoms with Crippen LogP contribution in [0.3, 0.4) is 0 Å². The molecule has 0 aromatic heterocycles. The highest BCUT2D eigenvalue weighted by atomic mass is 16.2. The summed E-state index contributed by atoms with van der Waals surface area (Å²) < 4.78 is 0. The number of likely N-dealkylation sites (N-methyl/N-ethyl adjacent to an activating group) is 1. The van der Waals surface area contributed by atoms with E-state index in [0.29, 0.717) is 11.1 Å². The molecule has 0 spiro atoms. The van der Waals surface area contributed by atoms with Crippen LogP contribution in [-0.2, 0) is 6.42 Å². The van der Waals surface area contributed by atoms with Crippen LogP contribution < -0.4 is 10.6 Å². The van der Waals surface area contributed by atoms with Gasteiger partial charge < -0.3 is 10.2 Å². The third-order valence-electron chi connectivity index (χ3n) is 4.41. The molecule has 1 aliphatic heterocycles. The number of imide groups is 1. The molecule has 5 heteroatoms. The Hall–Kier alpha value is -1.88. The van der Waals surface area contributed by atoms with E-state index < -0.39 is 0 Å². The molecular weight excluding hydrogens is 290 g/mol. The predicted octanol–water partition coefficient (Wildman–Crippen LogP) is 2.67. The van der Waals surface area contributed by atoms with Gasteiger partial charge in [-0.3, -0.25) is 14.9 Å². The summed E-state index contributed by atoms with van der Waals surface area (Å²) in [6.45, 7) is 10.2. The standard InChI is InChI=1S/C18H27N3O2/c1-4-7-11-19-16-13(10-12-21(5-2)6-3)8-9-14-15(16)18(23)20-17(14)22/h8-9,19H,4-7,10-12H2,1-3H3,(H,20,22,23). The minimum atomic E-state index is -0.293. The molecule has 0 atom stereocenters. The highest BCUT2D eigenvalue weighted by Crippen LogP contribution is 2.29. The van der Waals surface area contributed by atoms with Gasteiger partial charge in [0.05, 0.1) is 16.8 Å². The second kappa shape index (κ2) is 8.11. The van der Waals surface area contributed by atoms with Crippen molar-refractivity contribution in [2.75, 3.05) is 31.5 Å². The Kier molecular flexibility index (Phi) is 6.16. The average Bonchev–Trinajstić information content (AvgIpc) is 2.84. The van der Waals surface area contributed by atoms with E-state index in [1.54, 1.807) is 6.07 Å². The van der Waals surface area contributed by atoms with Crippen molar-refractivity contribution in [3.8, 4) is 0 Å². The number of hydrogen-bond acceptors (Lipinski definition) is 4. The van der Waals surface area contributed by atoms with Crippen LogP contribution in [0.2, 0.25) is 0 Å². The zero-order valence-electron chi connectivity index (χ0n) is 14.4. The number of fused-ring (bicyclic) bond motifs is 1. The Morgan fingerprint density at radius 3 is 2.48 bits per heavy atom. The molecule has 5 nitrogen and oxygen atoms in total. The number of unbranched alkanes of at least 4 members (excludes halogenated alkanes) is 1. The van der Waals surface area contributed by atoms with Gasteiger partial charge in [0.2, 0.25) is 0 Å². The number of nitrogens with zero attached hydrogens (tertiary/aromatic N) is 1. The lowest BCUT2D eigenvalue weighted by molar-refractivity contribution is 0.0880. The van der Waals surface area contributed by atoms with Gasteiger partial charge in [0.15, 0.2) is 0 Å². The number of benzene rings is 1. The summed E-state index contributed by atoms with van der Waals surface area (Å²) in [6.07, 6.45) is 2.99. The number of amides is 2. The molecule has 0 bridgehead atoms. The van der Waals surface area contributed by atoms with Crippen LogP contribution in [0.4, 0.5) is 5.69 Å². The molecule has 0 aliphatic carbocycles. The Morgan fingerprint density at radius 2 is 1.83 bits per heavy atom. The van der Waals surface area contributed by atoms with Crippen molar-refractivity contribution in [2.45, 2.75) is 40.0 Å². The van der Waals surface area contributed by atoms with Crippen LogP contribution in [0.15, 0.2) is 12.1 Å². The molecule has 23 heavy (non-hydrogen) atoms. The van der Waals surface area contributed by atoms with Gasteiger partial charge in [0.25, 0.3) is 11.8 Å². The Labute approximate surface area is 138 Å². The summed E-state index contributed by atoms with van der Waals surface area (Å²) in [5.41, 5.74) is 2.95. The molecule has 2 rings (SSSR count). The molecule has 1 aromatic rings. The van der Waals surface area contributed by atoms with Crippen LogP contribution in [0.5, 0.6) is 0 Å². The first-order chi connectivity index (χ1) is 11.1. The molecule has 2 amide bonds. The van der Waals surface area contributed by atoms with Gasteiger partial charge in [-0.05, 0) is 37.6 Å². The number of anilines is 1. The van der Waals surface area contributed by atoms with Gasteiger partial charge in [-0.1, -0.05) is 33.3 Å². The quantitative estimate of drug-likeness (QED) is 0.543. The Balaban J connectivity index is 2.28. The average molecular weight is 317 g/mol. The number of rotatable bonds is 9. The molecule has 0 unspecified atom stereocenters. The van der Waals surface area contributed by atoms with E-state index in [1.165, 1.54) is 0 Å². The van der Waals surface area contributed by atoms with E-state index in [9.17, 15) is 9.59 Å². The summed E-state index contributed by atoms with van der Waals surface area (Å²) in [7, 11) is 0. The van der Waals surface area contributed by atoms with Crippen molar-refractivity contribution in [1.29, 1.82) is 0 Å².